The van der Waals surface area contributed by atoms with Gasteiger partial charge in [0.15, 0.2) is 0 Å². The van der Waals surface area contributed by atoms with Crippen molar-refractivity contribution in [3.05, 3.63) is 37.1 Å². The van der Waals surface area contributed by atoms with Crippen molar-refractivity contribution < 1.29 is 69.3 Å². The quantitative estimate of drug-likeness (QED) is 0.345. The number of halogens is 3. The Kier molecular flexibility index (Phi) is 6.68. The standard InChI is InChI=1S/C7H8BF3N3O4.K/c1-2-12-3-5(14(17)18)6(15)13(7(12)16)4-8(9,10)11;/h3H,2,4H2,1H3;/q-1;+1. The number of aryl methyl sites for hydroxylation is 1. The third-order valence-corrected chi connectivity index (χ3v) is 2.15. The van der Waals surface area contributed by atoms with E-state index >= 15 is 0 Å². The minimum Gasteiger partial charge on any atom is -0.448 e. The van der Waals surface area contributed by atoms with Gasteiger partial charge >= 0.3 is 75.3 Å². The van der Waals surface area contributed by atoms with Crippen LogP contribution in [0.1, 0.15) is 6.92 Å². The Balaban J connectivity index is 0.00000324. The SMILES string of the molecule is CCn1cc([N+](=O)[O-])c(=O)n(C[B-](F)(F)F)c1=O.[K+]. The summed E-state index contributed by atoms with van der Waals surface area (Å²) in [5.41, 5.74) is -3.82. The molecule has 0 spiro atoms. The van der Waals surface area contributed by atoms with Crippen molar-refractivity contribution in [1.29, 1.82) is 0 Å². The van der Waals surface area contributed by atoms with E-state index in [0.29, 0.717) is 10.8 Å². The third-order valence-electron chi connectivity index (χ3n) is 2.15. The second-order valence-electron chi connectivity index (χ2n) is 3.47. The predicted molar refractivity (Wildman–Crippen MR) is 56.4 cm³/mol. The molecular formula is C7H8BF3KN3O4. The Morgan fingerprint density at radius 2 is 1.89 bits per heavy atom. The van der Waals surface area contributed by atoms with Crippen LogP contribution in [0.25, 0.3) is 0 Å². The van der Waals surface area contributed by atoms with E-state index in [1.165, 1.54) is 6.92 Å². The van der Waals surface area contributed by atoms with E-state index in [-0.39, 0.29) is 62.5 Å². The summed E-state index contributed by atoms with van der Waals surface area (Å²) in [5.74, 6) is 0. The smallest absolute Gasteiger partial charge is 0.448 e. The zero-order valence-electron chi connectivity index (χ0n) is 10.2. The van der Waals surface area contributed by atoms with Crippen LogP contribution < -0.4 is 62.6 Å². The van der Waals surface area contributed by atoms with Crippen molar-refractivity contribution >= 4 is 12.7 Å². The molecule has 0 radical (unpaired) electrons. The Hall–Kier alpha value is -0.429. The van der Waals surface area contributed by atoms with Gasteiger partial charge in [0.2, 0.25) is 0 Å². The molecule has 7 nitrogen and oxygen atoms in total. The topological polar surface area (TPSA) is 87.1 Å². The van der Waals surface area contributed by atoms with Gasteiger partial charge in [-0.25, -0.2) is 4.79 Å². The number of nitrogens with zero attached hydrogens (tertiary/aromatic N) is 3. The van der Waals surface area contributed by atoms with Gasteiger partial charge in [0, 0.05) is 13.0 Å². The first kappa shape index (κ1) is 18.6. The van der Waals surface area contributed by atoms with Crippen LogP contribution in [0.4, 0.5) is 18.6 Å². The summed E-state index contributed by atoms with van der Waals surface area (Å²) >= 11 is 0. The Labute approximate surface area is 147 Å². The molecule has 0 aliphatic carbocycles. The molecule has 0 aromatic carbocycles. The van der Waals surface area contributed by atoms with Crippen LogP contribution in [0.2, 0.25) is 0 Å². The third kappa shape index (κ3) is 4.56. The maximum Gasteiger partial charge on any atom is 1.00 e. The van der Waals surface area contributed by atoms with Gasteiger partial charge < -0.3 is 12.9 Å². The number of aromatic nitrogens is 2. The Morgan fingerprint density at radius 1 is 1.37 bits per heavy atom. The summed E-state index contributed by atoms with van der Waals surface area (Å²) in [7, 11) is 0. The number of hydrogen-bond acceptors (Lipinski definition) is 4. The van der Waals surface area contributed by atoms with E-state index in [2.05, 4.69) is 0 Å². The van der Waals surface area contributed by atoms with Gasteiger partial charge in [0.25, 0.3) is 0 Å². The molecule has 0 aliphatic heterocycles. The molecule has 100 valence electrons. The molecule has 0 saturated heterocycles. The first-order valence-electron chi connectivity index (χ1n) is 4.87. The molecule has 1 rings (SSSR count). The second kappa shape index (κ2) is 6.83. The van der Waals surface area contributed by atoms with Crippen molar-refractivity contribution in [2.45, 2.75) is 19.9 Å². The monoisotopic (exact) mass is 305 g/mol. The fourth-order valence-corrected chi connectivity index (χ4v) is 1.36. The van der Waals surface area contributed by atoms with E-state index < -0.39 is 35.3 Å². The predicted octanol–water partition coefficient (Wildman–Crippen LogP) is -2.67. The van der Waals surface area contributed by atoms with Crippen LogP contribution in [0.3, 0.4) is 0 Å². The van der Waals surface area contributed by atoms with Crippen molar-refractivity contribution in [2.24, 2.45) is 0 Å². The summed E-state index contributed by atoms with van der Waals surface area (Å²) in [6, 6.07) is 0. The van der Waals surface area contributed by atoms with Crippen molar-refractivity contribution in [3.63, 3.8) is 0 Å². The fraction of sp³-hybridized carbons (Fsp3) is 0.429. The normalized spacial score (nSPS) is 10.9. The molecule has 1 aromatic rings. The van der Waals surface area contributed by atoms with E-state index in [0.717, 1.165) is 0 Å². The molecule has 1 heterocycles. The largest absolute Gasteiger partial charge is 1.00 e. The van der Waals surface area contributed by atoms with Crippen molar-refractivity contribution in [2.75, 3.05) is 0 Å². The molecule has 0 amide bonds. The second-order valence-corrected chi connectivity index (χ2v) is 3.47. The molecule has 19 heavy (non-hydrogen) atoms. The maximum absolute atomic E-state index is 12.3. The van der Waals surface area contributed by atoms with Gasteiger partial charge in [0.05, 0.1) is 11.1 Å². The van der Waals surface area contributed by atoms with E-state index in [9.17, 15) is 32.7 Å². The number of hydrogen-bond donors (Lipinski definition) is 0. The van der Waals surface area contributed by atoms with Crippen LogP contribution in [-0.2, 0) is 13.0 Å². The van der Waals surface area contributed by atoms with Crippen LogP contribution in [0.5, 0.6) is 0 Å². The van der Waals surface area contributed by atoms with E-state index in [1.807, 2.05) is 0 Å². The molecule has 0 N–H and O–H groups in total. The van der Waals surface area contributed by atoms with E-state index in [1.54, 1.807) is 0 Å². The Morgan fingerprint density at radius 3 is 2.26 bits per heavy atom. The summed E-state index contributed by atoms with van der Waals surface area (Å²) < 4.78 is 37.3. The number of nitro groups is 1. The minimum atomic E-state index is -5.45. The minimum absolute atomic E-state index is 0. The van der Waals surface area contributed by atoms with Crippen LogP contribution >= 0.6 is 0 Å². The molecule has 0 aliphatic rings. The van der Waals surface area contributed by atoms with Gasteiger partial charge in [-0.3, -0.25) is 24.0 Å². The summed E-state index contributed by atoms with van der Waals surface area (Å²) in [4.78, 5) is 32.3. The van der Waals surface area contributed by atoms with Crippen LogP contribution in [0.15, 0.2) is 15.8 Å². The first-order chi connectivity index (χ1) is 8.17. The first-order valence-corrected chi connectivity index (χ1v) is 4.87. The molecule has 0 fully saturated rings. The van der Waals surface area contributed by atoms with Gasteiger partial charge in [-0.1, -0.05) is 0 Å². The Bertz CT molecular complexity index is 597. The zero-order chi connectivity index (χ0) is 14.1. The molecule has 0 unspecified atom stereocenters. The summed E-state index contributed by atoms with van der Waals surface area (Å²) in [6.07, 6.45) is -1.15. The summed E-state index contributed by atoms with van der Waals surface area (Å²) in [6.45, 7) is -4.11. The fourth-order valence-electron chi connectivity index (χ4n) is 1.36. The molecule has 12 heteroatoms. The van der Waals surface area contributed by atoms with Crippen LogP contribution in [0, 0.1) is 10.1 Å². The summed E-state index contributed by atoms with van der Waals surface area (Å²) in [5, 5.41) is 10.5. The van der Waals surface area contributed by atoms with Gasteiger partial charge in [-0.15, -0.1) is 0 Å². The average Bonchev–Trinajstić information content (AvgIpc) is 2.22. The van der Waals surface area contributed by atoms with Gasteiger partial charge in [0.1, 0.15) is 0 Å². The van der Waals surface area contributed by atoms with Crippen molar-refractivity contribution in [1.82, 2.24) is 9.13 Å². The van der Waals surface area contributed by atoms with Crippen LogP contribution in [-0.4, -0.2) is 21.0 Å². The van der Waals surface area contributed by atoms with Gasteiger partial charge in [-0.05, 0) is 6.92 Å². The molecule has 0 bridgehead atoms. The molecule has 0 saturated carbocycles. The zero-order valence-corrected chi connectivity index (χ0v) is 13.3. The molecule has 1 aromatic heterocycles. The van der Waals surface area contributed by atoms with Gasteiger partial charge in [-0.2, -0.15) is 0 Å². The number of rotatable bonds is 4. The molecular weight excluding hydrogens is 297 g/mol. The molecule has 0 atom stereocenters. The van der Waals surface area contributed by atoms with Crippen molar-refractivity contribution in [3.8, 4) is 0 Å². The van der Waals surface area contributed by atoms with E-state index in [4.69, 9.17) is 0 Å². The average molecular weight is 305 g/mol. The maximum atomic E-state index is 12.3.